The molecule has 0 amide bonds. The van der Waals surface area contributed by atoms with E-state index in [-0.39, 0.29) is 5.75 Å². The molecule has 3 aromatic rings. The van der Waals surface area contributed by atoms with Gasteiger partial charge in [-0.3, -0.25) is 0 Å². The third-order valence-electron chi connectivity index (χ3n) is 2.82. The zero-order valence-corrected chi connectivity index (χ0v) is 11.3. The Hall–Kier alpha value is -2.15. The molecule has 1 N–H and O–H groups in total. The van der Waals surface area contributed by atoms with Crippen LogP contribution in [-0.2, 0) is 6.42 Å². The Bertz CT molecular complexity index is 734. The smallest absolute Gasteiger partial charge is 0.234 e. The number of nitrogens with zero attached hydrogens (tertiary/aromatic N) is 4. The van der Waals surface area contributed by atoms with E-state index in [0.717, 1.165) is 12.2 Å². The lowest BCUT2D eigenvalue weighted by molar-refractivity contribution is 0.374. The van der Waals surface area contributed by atoms with Gasteiger partial charge < -0.3 is 9.84 Å². The monoisotopic (exact) mass is 276 g/mol. The molecule has 0 unspecified atom stereocenters. The zero-order chi connectivity index (χ0) is 13.4. The Morgan fingerprint density at radius 2 is 2.21 bits per heavy atom. The zero-order valence-electron chi connectivity index (χ0n) is 10.5. The highest BCUT2D eigenvalue weighted by Gasteiger charge is 2.16. The van der Waals surface area contributed by atoms with Gasteiger partial charge in [0.05, 0.1) is 12.7 Å². The van der Waals surface area contributed by atoms with E-state index in [1.165, 1.54) is 18.4 Å². The van der Waals surface area contributed by atoms with E-state index >= 15 is 0 Å². The first-order valence-electron chi connectivity index (χ1n) is 5.82. The van der Waals surface area contributed by atoms with E-state index in [1.807, 2.05) is 13.0 Å². The summed E-state index contributed by atoms with van der Waals surface area (Å²) < 4.78 is 6.81. The molecule has 98 valence electrons. The Morgan fingerprint density at radius 3 is 2.95 bits per heavy atom. The molecule has 19 heavy (non-hydrogen) atoms. The van der Waals surface area contributed by atoms with Gasteiger partial charge in [-0.05, 0) is 12.1 Å². The number of aromatic hydroxyl groups is 1. The van der Waals surface area contributed by atoms with Crippen LogP contribution in [0, 0.1) is 0 Å². The van der Waals surface area contributed by atoms with Gasteiger partial charge in [0.2, 0.25) is 4.96 Å². The second-order valence-electron chi connectivity index (χ2n) is 3.93. The standard InChI is InChI=1S/C12H12N4O2S/c1-3-9-13-14-12-16(9)15-11(19-12)7-5-4-6-8(18-2)10(7)17/h4-6,17H,3H2,1-2H3. The average molecular weight is 276 g/mol. The van der Waals surface area contributed by atoms with Crippen molar-refractivity contribution in [1.29, 1.82) is 0 Å². The maximum absolute atomic E-state index is 10.1. The predicted octanol–water partition coefficient (Wildman–Crippen LogP) is 2.13. The lowest BCUT2D eigenvalue weighted by Crippen LogP contribution is -1.93. The molecule has 6 nitrogen and oxygen atoms in total. The number of rotatable bonds is 3. The van der Waals surface area contributed by atoms with Crippen LogP contribution in [-0.4, -0.2) is 32.0 Å². The number of methoxy groups -OCH3 is 1. The summed E-state index contributed by atoms with van der Waals surface area (Å²) in [6.07, 6.45) is 0.758. The minimum Gasteiger partial charge on any atom is -0.504 e. The molecule has 0 aliphatic heterocycles. The van der Waals surface area contributed by atoms with Crippen molar-refractivity contribution in [2.75, 3.05) is 7.11 Å². The van der Waals surface area contributed by atoms with Crippen molar-refractivity contribution in [2.45, 2.75) is 13.3 Å². The quantitative estimate of drug-likeness (QED) is 0.793. The number of hydrogen-bond donors (Lipinski definition) is 1. The van der Waals surface area contributed by atoms with Crippen molar-refractivity contribution >= 4 is 16.3 Å². The highest BCUT2D eigenvalue weighted by Crippen LogP contribution is 2.38. The topological polar surface area (TPSA) is 72.5 Å². The second-order valence-corrected chi connectivity index (χ2v) is 4.88. The maximum Gasteiger partial charge on any atom is 0.234 e. The molecule has 1 aromatic carbocycles. The Balaban J connectivity index is 2.16. The molecule has 0 aliphatic carbocycles. The fraction of sp³-hybridized carbons (Fsp3) is 0.250. The van der Waals surface area contributed by atoms with Gasteiger partial charge in [0, 0.05) is 6.42 Å². The van der Waals surface area contributed by atoms with Gasteiger partial charge in [-0.2, -0.15) is 9.61 Å². The van der Waals surface area contributed by atoms with Gasteiger partial charge in [0.1, 0.15) is 0 Å². The van der Waals surface area contributed by atoms with Gasteiger partial charge >= 0.3 is 0 Å². The SMILES string of the molecule is CCc1nnc2sc(-c3cccc(OC)c3O)nn12. The fourth-order valence-electron chi connectivity index (χ4n) is 1.85. The van der Waals surface area contributed by atoms with E-state index < -0.39 is 0 Å². The number of para-hydroxylation sites is 1. The molecule has 0 spiro atoms. The molecule has 0 saturated carbocycles. The molecule has 0 saturated heterocycles. The number of fused-ring (bicyclic) bond motifs is 1. The summed E-state index contributed by atoms with van der Waals surface area (Å²) in [5.74, 6) is 1.33. The number of aryl methyl sites for hydroxylation is 1. The number of hydrogen-bond acceptors (Lipinski definition) is 6. The molecule has 2 aromatic heterocycles. The number of aromatic nitrogens is 4. The summed E-state index contributed by atoms with van der Waals surface area (Å²) in [4.78, 5) is 0.717. The predicted molar refractivity (Wildman–Crippen MR) is 71.7 cm³/mol. The number of phenols is 1. The Morgan fingerprint density at radius 1 is 1.37 bits per heavy atom. The third kappa shape index (κ3) is 1.82. The van der Waals surface area contributed by atoms with Crippen molar-refractivity contribution < 1.29 is 9.84 Å². The van der Waals surface area contributed by atoms with Crippen LogP contribution in [0.4, 0.5) is 0 Å². The fourth-order valence-corrected chi connectivity index (χ4v) is 2.73. The molecular weight excluding hydrogens is 264 g/mol. The average Bonchev–Trinajstić information content (AvgIpc) is 2.98. The number of phenolic OH excluding ortho intramolecular Hbond substituents is 1. The third-order valence-corrected chi connectivity index (χ3v) is 3.75. The summed E-state index contributed by atoms with van der Waals surface area (Å²) in [6, 6.07) is 5.32. The first-order chi connectivity index (χ1) is 9.24. The van der Waals surface area contributed by atoms with Crippen molar-refractivity contribution in [3.63, 3.8) is 0 Å². The summed E-state index contributed by atoms with van der Waals surface area (Å²) >= 11 is 1.38. The van der Waals surface area contributed by atoms with Crippen molar-refractivity contribution in [3.05, 3.63) is 24.0 Å². The maximum atomic E-state index is 10.1. The summed E-state index contributed by atoms with van der Waals surface area (Å²) in [5, 5.41) is 23.4. The van der Waals surface area contributed by atoms with Gasteiger partial charge in [-0.1, -0.05) is 24.3 Å². The van der Waals surface area contributed by atoms with Gasteiger partial charge in [-0.25, -0.2) is 0 Å². The van der Waals surface area contributed by atoms with Crippen LogP contribution in [0.1, 0.15) is 12.7 Å². The Kier molecular flexibility index (Phi) is 2.83. The van der Waals surface area contributed by atoms with Crippen LogP contribution in [0.25, 0.3) is 15.5 Å². The lowest BCUT2D eigenvalue weighted by Gasteiger charge is -2.05. The first kappa shape index (κ1) is 11.9. The van der Waals surface area contributed by atoms with Crippen LogP contribution in [0.5, 0.6) is 11.5 Å². The molecule has 3 rings (SSSR count). The highest BCUT2D eigenvalue weighted by molar-refractivity contribution is 7.19. The largest absolute Gasteiger partial charge is 0.504 e. The molecule has 0 bridgehead atoms. The molecule has 2 heterocycles. The van der Waals surface area contributed by atoms with Crippen molar-refractivity contribution in [2.24, 2.45) is 0 Å². The molecule has 0 atom stereocenters. The van der Waals surface area contributed by atoms with Gasteiger partial charge in [0.15, 0.2) is 22.3 Å². The summed E-state index contributed by atoms with van der Waals surface area (Å²) in [5.41, 5.74) is 0.636. The molecule has 0 radical (unpaired) electrons. The summed E-state index contributed by atoms with van der Waals surface area (Å²) in [7, 11) is 1.52. The van der Waals surface area contributed by atoms with Crippen LogP contribution >= 0.6 is 11.3 Å². The minimum absolute atomic E-state index is 0.0908. The van der Waals surface area contributed by atoms with Crippen molar-refractivity contribution in [3.8, 4) is 22.1 Å². The van der Waals surface area contributed by atoms with E-state index in [2.05, 4.69) is 15.3 Å². The van der Waals surface area contributed by atoms with Gasteiger partial charge in [-0.15, -0.1) is 10.2 Å². The number of benzene rings is 1. The number of ether oxygens (including phenoxy) is 1. The lowest BCUT2D eigenvalue weighted by atomic mass is 10.2. The first-order valence-corrected chi connectivity index (χ1v) is 6.63. The van der Waals surface area contributed by atoms with Gasteiger partial charge in [0.25, 0.3) is 0 Å². The van der Waals surface area contributed by atoms with Crippen LogP contribution in [0.2, 0.25) is 0 Å². The molecular formula is C12H12N4O2S. The Labute approximate surface area is 113 Å². The van der Waals surface area contributed by atoms with Crippen LogP contribution in [0.3, 0.4) is 0 Å². The normalized spacial score (nSPS) is 11.1. The van der Waals surface area contributed by atoms with E-state index in [4.69, 9.17) is 4.74 Å². The molecule has 7 heteroatoms. The highest BCUT2D eigenvalue weighted by atomic mass is 32.1. The molecule has 0 fully saturated rings. The van der Waals surface area contributed by atoms with E-state index in [1.54, 1.807) is 16.6 Å². The minimum atomic E-state index is 0.0908. The van der Waals surface area contributed by atoms with Crippen molar-refractivity contribution in [1.82, 2.24) is 19.8 Å². The van der Waals surface area contributed by atoms with Crippen LogP contribution < -0.4 is 4.74 Å². The second kappa shape index (κ2) is 4.51. The van der Waals surface area contributed by atoms with E-state index in [9.17, 15) is 5.11 Å². The van der Waals surface area contributed by atoms with Crippen LogP contribution in [0.15, 0.2) is 18.2 Å². The molecule has 0 aliphatic rings. The van der Waals surface area contributed by atoms with E-state index in [0.29, 0.717) is 21.3 Å². The summed E-state index contributed by atoms with van der Waals surface area (Å²) in [6.45, 7) is 2.00.